The molecule has 0 aliphatic heterocycles. The lowest BCUT2D eigenvalue weighted by molar-refractivity contribution is 0.509. The zero-order chi connectivity index (χ0) is 16.7. The van der Waals surface area contributed by atoms with Crippen LogP contribution < -0.4 is 5.56 Å². The van der Waals surface area contributed by atoms with Gasteiger partial charge in [-0.3, -0.25) is 4.79 Å². The van der Waals surface area contributed by atoms with Crippen LogP contribution in [-0.2, 0) is 18.6 Å². The number of thioether (sulfide) groups is 1. The molecule has 3 aromatic rings. The fourth-order valence-electron chi connectivity index (χ4n) is 3.13. The Labute approximate surface area is 153 Å². The summed E-state index contributed by atoms with van der Waals surface area (Å²) in [6.07, 6.45) is 3.23. The number of aryl methyl sites for hydroxylation is 1. The maximum absolute atomic E-state index is 12.6. The quantitative estimate of drug-likeness (QED) is 0.513. The Kier molecular flexibility index (Phi) is 4.41. The molecule has 6 heteroatoms. The molecule has 1 aromatic carbocycles. The molecular formula is C18H17ClN2OS2. The first kappa shape index (κ1) is 16.2. The number of aromatic amines is 1. The third kappa shape index (κ3) is 3.13. The van der Waals surface area contributed by atoms with Gasteiger partial charge in [0.25, 0.3) is 5.56 Å². The normalized spacial score (nSPS) is 17.2. The summed E-state index contributed by atoms with van der Waals surface area (Å²) in [6.45, 7) is 2.28. The monoisotopic (exact) mass is 376 g/mol. The van der Waals surface area contributed by atoms with E-state index < -0.39 is 0 Å². The van der Waals surface area contributed by atoms with Gasteiger partial charge in [0, 0.05) is 15.7 Å². The predicted octanol–water partition coefficient (Wildman–Crippen LogP) is 5.06. The van der Waals surface area contributed by atoms with E-state index in [1.807, 2.05) is 24.3 Å². The second kappa shape index (κ2) is 6.54. The van der Waals surface area contributed by atoms with Crippen molar-refractivity contribution >= 4 is 44.9 Å². The van der Waals surface area contributed by atoms with Crippen molar-refractivity contribution in [3.63, 3.8) is 0 Å². The van der Waals surface area contributed by atoms with Crippen molar-refractivity contribution in [2.45, 2.75) is 37.1 Å². The van der Waals surface area contributed by atoms with E-state index in [0.29, 0.717) is 11.1 Å². The summed E-state index contributed by atoms with van der Waals surface area (Å²) in [5, 5.41) is 2.24. The van der Waals surface area contributed by atoms with Crippen molar-refractivity contribution in [2.24, 2.45) is 5.92 Å². The minimum Gasteiger partial charge on any atom is -0.301 e. The zero-order valence-electron chi connectivity index (χ0n) is 13.3. The molecule has 2 aromatic heterocycles. The Balaban J connectivity index is 1.63. The summed E-state index contributed by atoms with van der Waals surface area (Å²) in [4.78, 5) is 22.4. The van der Waals surface area contributed by atoms with Crippen LogP contribution in [0.4, 0.5) is 0 Å². The first-order valence-electron chi connectivity index (χ1n) is 8.02. The Morgan fingerprint density at radius 1 is 1.38 bits per heavy atom. The van der Waals surface area contributed by atoms with E-state index in [2.05, 4.69) is 11.9 Å². The molecule has 0 spiro atoms. The molecule has 1 atom stereocenters. The van der Waals surface area contributed by atoms with Crippen LogP contribution in [-0.4, -0.2) is 9.97 Å². The number of aromatic nitrogens is 2. The van der Waals surface area contributed by atoms with Gasteiger partial charge >= 0.3 is 0 Å². The van der Waals surface area contributed by atoms with Crippen LogP contribution >= 0.6 is 34.7 Å². The Bertz CT molecular complexity index is 946. The van der Waals surface area contributed by atoms with Gasteiger partial charge < -0.3 is 4.98 Å². The molecule has 4 rings (SSSR count). The molecule has 1 N–H and O–H groups in total. The third-order valence-electron chi connectivity index (χ3n) is 4.43. The summed E-state index contributed by atoms with van der Waals surface area (Å²) in [7, 11) is 0. The number of benzene rings is 1. The van der Waals surface area contributed by atoms with Crippen LogP contribution in [0.2, 0.25) is 5.02 Å². The molecule has 0 radical (unpaired) electrons. The molecule has 1 aliphatic carbocycles. The topological polar surface area (TPSA) is 45.8 Å². The number of hydrogen-bond donors (Lipinski definition) is 1. The Morgan fingerprint density at radius 3 is 2.96 bits per heavy atom. The summed E-state index contributed by atoms with van der Waals surface area (Å²) >= 11 is 9.15. The molecule has 0 amide bonds. The number of hydrogen-bond acceptors (Lipinski definition) is 4. The highest BCUT2D eigenvalue weighted by Gasteiger charge is 2.23. The highest BCUT2D eigenvalue weighted by molar-refractivity contribution is 7.98. The van der Waals surface area contributed by atoms with Crippen molar-refractivity contribution in [1.29, 1.82) is 0 Å². The lowest BCUT2D eigenvalue weighted by atomic mass is 9.89. The summed E-state index contributed by atoms with van der Waals surface area (Å²) < 4.78 is 0. The molecule has 0 saturated carbocycles. The fraction of sp³-hybridized carbons (Fsp3) is 0.333. The number of rotatable bonds is 3. The van der Waals surface area contributed by atoms with Gasteiger partial charge in [0.1, 0.15) is 4.83 Å². The van der Waals surface area contributed by atoms with E-state index in [0.717, 1.165) is 45.8 Å². The van der Waals surface area contributed by atoms with Gasteiger partial charge in [-0.1, -0.05) is 42.4 Å². The largest absolute Gasteiger partial charge is 0.301 e. The first-order valence-corrected chi connectivity index (χ1v) is 10.2. The third-order valence-corrected chi connectivity index (χ3v) is 6.78. The minimum atomic E-state index is 0.00524. The smallest absolute Gasteiger partial charge is 0.260 e. The van der Waals surface area contributed by atoms with Crippen LogP contribution in [0.5, 0.6) is 0 Å². The van der Waals surface area contributed by atoms with Crippen LogP contribution in [0.15, 0.2) is 34.2 Å². The number of nitrogens with zero attached hydrogens (tertiary/aromatic N) is 1. The van der Waals surface area contributed by atoms with E-state index in [-0.39, 0.29) is 5.56 Å². The van der Waals surface area contributed by atoms with Crippen molar-refractivity contribution in [1.82, 2.24) is 9.97 Å². The maximum atomic E-state index is 12.6. The Hall–Kier alpha value is -1.30. The van der Waals surface area contributed by atoms with Crippen molar-refractivity contribution in [2.75, 3.05) is 0 Å². The average molecular weight is 377 g/mol. The van der Waals surface area contributed by atoms with Gasteiger partial charge in [0.05, 0.1) is 5.39 Å². The summed E-state index contributed by atoms with van der Waals surface area (Å²) in [6, 6.07) is 7.75. The number of nitrogens with one attached hydrogen (secondary N) is 1. The number of fused-ring (bicyclic) bond motifs is 3. The Morgan fingerprint density at radius 2 is 2.17 bits per heavy atom. The van der Waals surface area contributed by atoms with Crippen molar-refractivity contribution in [3.05, 3.63) is 55.6 Å². The number of thiophene rings is 1. The van der Waals surface area contributed by atoms with Gasteiger partial charge in [-0.2, -0.15) is 0 Å². The lowest BCUT2D eigenvalue weighted by Gasteiger charge is -2.17. The van der Waals surface area contributed by atoms with Gasteiger partial charge in [-0.15, -0.1) is 11.3 Å². The van der Waals surface area contributed by atoms with Crippen LogP contribution in [0, 0.1) is 5.92 Å². The van der Waals surface area contributed by atoms with E-state index in [1.165, 1.54) is 10.4 Å². The number of halogens is 1. The van der Waals surface area contributed by atoms with E-state index in [1.54, 1.807) is 23.1 Å². The van der Waals surface area contributed by atoms with Gasteiger partial charge in [-0.25, -0.2) is 4.98 Å². The van der Waals surface area contributed by atoms with E-state index >= 15 is 0 Å². The maximum Gasteiger partial charge on any atom is 0.260 e. The molecule has 24 heavy (non-hydrogen) atoms. The fourth-order valence-corrected chi connectivity index (χ4v) is 5.51. The zero-order valence-corrected chi connectivity index (χ0v) is 15.7. The van der Waals surface area contributed by atoms with Gasteiger partial charge in [0.2, 0.25) is 0 Å². The molecule has 1 aliphatic rings. The molecule has 3 nitrogen and oxygen atoms in total. The second-order valence-corrected chi connectivity index (χ2v) is 8.80. The van der Waals surface area contributed by atoms with Gasteiger partial charge in [-0.05, 0) is 48.4 Å². The molecular weight excluding hydrogens is 360 g/mol. The van der Waals surface area contributed by atoms with Crippen LogP contribution in [0.1, 0.15) is 29.3 Å². The second-order valence-electron chi connectivity index (χ2n) is 6.32. The van der Waals surface area contributed by atoms with E-state index in [4.69, 9.17) is 16.6 Å². The van der Waals surface area contributed by atoms with Crippen molar-refractivity contribution < 1.29 is 0 Å². The average Bonchev–Trinajstić information content (AvgIpc) is 2.92. The first-order chi connectivity index (χ1) is 11.6. The highest BCUT2D eigenvalue weighted by atomic mass is 35.5. The molecule has 0 fully saturated rings. The predicted molar refractivity (Wildman–Crippen MR) is 102 cm³/mol. The minimum absolute atomic E-state index is 0.00524. The van der Waals surface area contributed by atoms with Crippen LogP contribution in [0.25, 0.3) is 10.2 Å². The van der Waals surface area contributed by atoms with Crippen LogP contribution in [0.3, 0.4) is 0 Å². The SMILES string of the molecule is C[C@H]1CCc2c(sc3nc(SCc4ccc(Cl)cc4)[nH]c(=O)c23)C1. The molecule has 124 valence electrons. The highest BCUT2D eigenvalue weighted by Crippen LogP contribution is 2.36. The van der Waals surface area contributed by atoms with Crippen molar-refractivity contribution in [3.8, 4) is 0 Å². The summed E-state index contributed by atoms with van der Waals surface area (Å²) in [5.41, 5.74) is 2.40. The molecule has 2 heterocycles. The standard InChI is InChI=1S/C18H17ClN2OS2/c1-10-2-7-13-14(8-10)24-17-15(13)16(22)20-18(21-17)23-9-11-3-5-12(19)6-4-11/h3-6,10H,2,7-9H2,1H3,(H,20,21,22)/t10-/m0/s1. The summed E-state index contributed by atoms with van der Waals surface area (Å²) in [5.74, 6) is 1.46. The molecule has 0 unspecified atom stereocenters. The number of H-pyrrole nitrogens is 1. The molecule has 0 saturated heterocycles. The van der Waals surface area contributed by atoms with E-state index in [9.17, 15) is 4.79 Å². The molecule has 0 bridgehead atoms. The lowest BCUT2D eigenvalue weighted by Crippen LogP contribution is -2.13. The van der Waals surface area contributed by atoms with Gasteiger partial charge in [0.15, 0.2) is 5.16 Å².